The summed E-state index contributed by atoms with van der Waals surface area (Å²) in [6.45, 7) is 6.30. The summed E-state index contributed by atoms with van der Waals surface area (Å²) < 4.78 is 5.22. The van der Waals surface area contributed by atoms with Crippen LogP contribution in [-0.4, -0.2) is 23.8 Å². The highest BCUT2D eigenvalue weighted by atomic mass is 16.5. The Morgan fingerprint density at radius 3 is 2.47 bits per heavy atom. The number of hydrogen-bond acceptors (Lipinski definition) is 2. The van der Waals surface area contributed by atoms with Gasteiger partial charge in [-0.05, 0) is 18.8 Å². The van der Waals surface area contributed by atoms with E-state index in [1.807, 2.05) is 0 Å². The molecule has 0 aromatic heterocycles. The third kappa shape index (κ3) is 8.43. The summed E-state index contributed by atoms with van der Waals surface area (Å²) >= 11 is 0. The quantitative estimate of drug-likeness (QED) is 0.788. The molecule has 1 rings (SSSR count). The number of carboxylic acid groups (broad SMARTS) is 1. The highest BCUT2D eigenvalue weighted by Crippen LogP contribution is 2.25. The van der Waals surface area contributed by atoms with Crippen molar-refractivity contribution in [1.29, 1.82) is 0 Å². The van der Waals surface area contributed by atoms with Crippen molar-refractivity contribution in [3.63, 3.8) is 0 Å². The molecule has 0 heterocycles. The van der Waals surface area contributed by atoms with E-state index < -0.39 is 5.97 Å². The molecule has 2 atom stereocenters. The van der Waals surface area contributed by atoms with Crippen molar-refractivity contribution >= 4 is 5.97 Å². The number of carbonyl (C=O) groups is 1. The van der Waals surface area contributed by atoms with Crippen LogP contribution in [0.2, 0.25) is 0 Å². The molecule has 1 aliphatic rings. The van der Waals surface area contributed by atoms with E-state index in [1.165, 1.54) is 19.3 Å². The van der Waals surface area contributed by atoms with Gasteiger partial charge in [0.1, 0.15) is 6.61 Å². The minimum Gasteiger partial charge on any atom is -0.480 e. The molecular weight excluding hydrogens is 192 g/mol. The molecule has 1 aliphatic carbocycles. The fourth-order valence-electron chi connectivity index (χ4n) is 1.72. The van der Waals surface area contributed by atoms with Crippen molar-refractivity contribution in [3.8, 4) is 0 Å². The van der Waals surface area contributed by atoms with Gasteiger partial charge in [-0.1, -0.05) is 40.0 Å². The van der Waals surface area contributed by atoms with Crippen molar-refractivity contribution in [2.45, 2.75) is 59.0 Å². The van der Waals surface area contributed by atoms with Gasteiger partial charge in [0.15, 0.2) is 0 Å². The van der Waals surface area contributed by atoms with Crippen LogP contribution in [0.4, 0.5) is 0 Å². The molecule has 90 valence electrons. The first-order chi connectivity index (χ1) is 7.10. The third-order valence-corrected chi connectivity index (χ3v) is 2.33. The van der Waals surface area contributed by atoms with Crippen LogP contribution in [0.3, 0.4) is 0 Å². The monoisotopic (exact) mass is 216 g/mol. The van der Waals surface area contributed by atoms with Gasteiger partial charge in [0.25, 0.3) is 0 Å². The predicted molar refractivity (Wildman–Crippen MR) is 61.0 cm³/mol. The van der Waals surface area contributed by atoms with Crippen LogP contribution in [0.15, 0.2) is 0 Å². The summed E-state index contributed by atoms with van der Waals surface area (Å²) in [4.78, 5) is 10.2. The number of ether oxygens (including phenoxy) is 1. The van der Waals surface area contributed by atoms with Crippen molar-refractivity contribution in [3.05, 3.63) is 0 Å². The van der Waals surface area contributed by atoms with Crippen LogP contribution in [-0.2, 0) is 9.53 Å². The summed E-state index contributed by atoms with van der Waals surface area (Å²) in [5, 5.41) is 8.39. The fraction of sp³-hybridized carbons (Fsp3) is 0.917. The second-order valence-corrected chi connectivity index (χ2v) is 4.31. The van der Waals surface area contributed by atoms with Crippen LogP contribution in [0, 0.1) is 5.92 Å². The van der Waals surface area contributed by atoms with E-state index in [1.54, 1.807) is 0 Å². The molecule has 1 N–H and O–H groups in total. The third-order valence-electron chi connectivity index (χ3n) is 2.33. The lowest BCUT2D eigenvalue weighted by Crippen LogP contribution is -2.24. The van der Waals surface area contributed by atoms with Gasteiger partial charge in [-0.3, -0.25) is 0 Å². The van der Waals surface area contributed by atoms with Gasteiger partial charge in [-0.15, -0.1) is 0 Å². The number of carboxylic acids is 1. The van der Waals surface area contributed by atoms with Crippen molar-refractivity contribution in [1.82, 2.24) is 0 Å². The van der Waals surface area contributed by atoms with Crippen molar-refractivity contribution in [2.75, 3.05) is 6.61 Å². The molecular formula is C12H24O3. The molecule has 2 unspecified atom stereocenters. The van der Waals surface area contributed by atoms with E-state index >= 15 is 0 Å². The Balaban J connectivity index is 0.000000583. The Labute approximate surface area is 92.8 Å². The normalized spacial score (nSPS) is 25.3. The van der Waals surface area contributed by atoms with Crippen LogP contribution in [0.5, 0.6) is 0 Å². The van der Waals surface area contributed by atoms with E-state index in [-0.39, 0.29) is 12.7 Å². The topological polar surface area (TPSA) is 46.5 Å². The highest BCUT2D eigenvalue weighted by Gasteiger charge is 2.19. The molecule has 15 heavy (non-hydrogen) atoms. The second kappa shape index (κ2) is 8.72. The number of rotatable bonds is 3. The maximum absolute atomic E-state index is 10.2. The maximum Gasteiger partial charge on any atom is 0.329 e. The van der Waals surface area contributed by atoms with Crippen LogP contribution >= 0.6 is 0 Å². The van der Waals surface area contributed by atoms with Gasteiger partial charge < -0.3 is 9.84 Å². The predicted octanol–water partition coefficient (Wildman–Crippen LogP) is 3.08. The van der Waals surface area contributed by atoms with Gasteiger partial charge in [0.2, 0.25) is 0 Å². The van der Waals surface area contributed by atoms with E-state index in [4.69, 9.17) is 9.84 Å². The maximum atomic E-state index is 10.2. The second-order valence-electron chi connectivity index (χ2n) is 4.31. The number of aliphatic carboxylic acids is 1. The molecule has 3 nitrogen and oxygen atoms in total. The Morgan fingerprint density at radius 2 is 2.00 bits per heavy atom. The lowest BCUT2D eigenvalue weighted by molar-refractivity contribution is -0.145. The molecule has 0 radical (unpaired) electrons. The molecule has 0 amide bonds. The fourth-order valence-corrected chi connectivity index (χ4v) is 1.72. The highest BCUT2D eigenvalue weighted by molar-refractivity contribution is 5.68. The van der Waals surface area contributed by atoms with Gasteiger partial charge in [-0.2, -0.15) is 0 Å². The zero-order valence-electron chi connectivity index (χ0n) is 10.2. The minimum atomic E-state index is -0.867. The lowest BCUT2D eigenvalue weighted by atomic mass is 9.89. The summed E-state index contributed by atoms with van der Waals surface area (Å²) in [6, 6.07) is 0. The molecule has 0 spiro atoms. The van der Waals surface area contributed by atoms with Crippen LogP contribution < -0.4 is 0 Å². The largest absolute Gasteiger partial charge is 0.480 e. The first-order valence-corrected chi connectivity index (χ1v) is 5.93. The standard InChI is InChI=1S/C9H16O3.C3H8/c1-7-3-2-4-8(5-7)12-6-9(10)11;1-3-2/h7-8H,2-6H2,1H3,(H,10,11);3H2,1-2H3. The lowest BCUT2D eigenvalue weighted by Gasteiger charge is -2.26. The molecule has 0 aromatic rings. The molecule has 1 fully saturated rings. The average molecular weight is 216 g/mol. The summed E-state index contributed by atoms with van der Waals surface area (Å²) in [6.07, 6.45) is 5.91. The van der Waals surface area contributed by atoms with Gasteiger partial charge >= 0.3 is 5.97 Å². The zero-order valence-corrected chi connectivity index (χ0v) is 10.2. The smallest absolute Gasteiger partial charge is 0.329 e. The van der Waals surface area contributed by atoms with Crippen molar-refractivity contribution < 1.29 is 14.6 Å². The summed E-state index contributed by atoms with van der Waals surface area (Å²) in [7, 11) is 0. The Kier molecular flexibility index (Phi) is 8.38. The zero-order chi connectivity index (χ0) is 11.7. The SMILES string of the molecule is CC1CCCC(OCC(=O)O)C1.CCC. The average Bonchev–Trinajstić information content (AvgIpc) is 2.16. The molecule has 0 bridgehead atoms. The van der Waals surface area contributed by atoms with Gasteiger partial charge in [0, 0.05) is 0 Å². The Hall–Kier alpha value is -0.570. The Morgan fingerprint density at radius 1 is 1.40 bits per heavy atom. The molecule has 0 aromatic carbocycles. The molecule has 3 heteroatoms. The van der Waals surface area contributed by atoms with E-state index in [0.717, 1.165) is 12.8 Å². The first kappa shape index (κ1) is 14.4. The van der Waals surface area contributed by atoms with Gasteiger partial charge in [0.05, 0.1) is 6.10 Å². The van der Waals surface area contributed by atoms with Crippen molar-refractivity contribution in [2.24, 2.45) is 5.92 Å². The minimum absolute atomic E-state index is 0.141. The molecule has 0 aliphatic heterocycles. The van der Waals surface area contributed by atoms with Crippen LogP contribution in [0.1, 0.15) is 52.9 Å². The van der Waals surface area contributed by atoms with E-state index in [0.29, 0.717) is 5.92 Å². The van der Waals surface area contributed by atoms with E-state index in [2.05, 4.69) is 20.8 Å². The van der Waals surface area contributed by atoms with Crippen LogP contribution in [0.25, 0.3) is 0 Å². The molecule has 1 saturated carbocycles. The summed E-state index contributed by atoms with van der Waals surface area (Å²) in [5.74, 6) is -0.175. The van der Waals surface area contributed by atoms with E-state index in [9.17, 15) is 4.79 Å². The summed E-state index contributed by atoms with van der Waals surface area (Å²) in [5.41, 5.74) is 0. The first-order valence-electron chi connectivity index (χ1n) is 5.93. The molecule has 0 saturated heterocycles. The Bertz CT molecular complexity index is 168. The number of hydrogen-bond donors (Lipinski definition) is 1. The van der Waals surface area contributed by atoms with Gasteiger partial charge in [-0.25, -0.2) is 4.79 Å².